The largest absolute Gasteiger partial charge is 0.480 e. The Hall–Kier alpha value is -2.69. The summed E-state index contributed by atoms with van der Waals surface area (Å²) < 4.78 is 6.93. The molecular weight excluding hydrogens is 266 g/mol. The highest BCUT2D eigenvalue weighted by atomic mass is 16.5. The van der Waals surface area contributed by atoms with Gasteiger partial charge in [-0.25, -0.2) is 4.98 Å². The van der Waals surface area contributed by atoms with E-state index in [0.29, 0.717) is 11.4 Å². The molecule has 0 N–H and O–H groups in total. The molecule has 0 unspecified atom stereocenters. The zero-order valence-corrected chi connectivity index (χ0v) is 11.9. The smallest absolute Gasteiger partial charge is 0.224 e. The van der Waals surface area contributed by atoms with Crippen LogP contribution in [0.25, 0.3) is 10.9 Å². The van der Waals surface area contributed by atoms with Gasteiger partial charge in [-0.05, 0) is 18.2 Å². The molecule has 0 spiro atoms. The van der Waals surface area contributed by atoms with Crippen molar-refractivity contribution in [3.8, 4) is 5.88 Å². The van der Waals surface area contributed by atoms with Gasteiger partial charge in [0, 0.05) is 18.6 Å². The van der Waals surface area contributed by atoms with Gasteiger partial charge < -0.3 is 4.74 Å². The van der Waals surface area contributed by atoms with Crippen LogP contribution in [0.4, 0.5) is 0 Å². The van der Waals surface area contributed by atoms with Crippen LogP contribution in [-0.2, 0) is 13.5 Å². The molecule has 2 aromatic heterocycles. The number of ketones is 1. The van der Waals surface area contributed by atoms with Crippen LogP contribution < -0.4 is 4.74 Å². The second-order valence-electron chi connectivity index (χ2n) is 4.75. The summed E-state index contributed by atoms with van der Waals surface area (Å²) in [6, 6.07) is 11.3. The molecule has 0 aliphatic rings. The summed E-state index contributed by atoms with van der Waals surface area (Å²) in [5.41, 5.74) is 2.26. The molecule has 0 fully saturated rings. The Labute approximate surface area is 122 Å². The normalized spacial score (nSPS) is 10.8. The van der Waals surface area contributed by atoms with Crippen LogP contribution in [0.5, 0.6) is 5.88 Å². The van der Waals surface area contributed by atoms with E-state index in [9.17, 15) is 4.79 Å². The van der Waals surface area contributed by atoms with E-state index in [1.54, 1.807) is 23.0 Å². The highest BCUT2D eigenvalue weighted by Gasteiger charge is 2.17. The molecule has 0 saturated carbocycles. The number of Topliss-reactive ketones (excluding diaryl/α,β-unsaturated/α-hetero) is 1. The van der Waals surface area contributed by atoms with Crippen LogP contribution >= 0.6 is 0 Å². The standard InChI is InChI=1S/C16H15N3O2/c1-19-14-8-4-3-6-11(14)13(18-19)10-15(20)12-7-5-9-17-16(12)21-2/h3-9H,10H2,1-2H3. The third-order valence-electron chi connectivity index (χ3n) is 3.43. The molecule has 106 valence electrons. The highest BCUT2D eigenvalue weighted by molar-refractivity contribution is 6.01. The highest BCUT2D eigenvalue weighted by Crippen LogP contribution is 2.21. The average molecular weight is 281 g/mol. The Kier molecular flexibility index (Phi) is 3.39. The molecule has 0 radical (unpaired) electrons. The first-order valence-corrected chi connectivity index (χ1v) is 6.63. The van der Waals surface area contributed by atoms with Gasteiger partial charge in [-0.2, -0.15) is 5.10 Å². The molecule has 0 atom stereocenters. The van der Waals surface area contributed by atoms with Gasteiger partial charge in [0.15, 0.2) is 5.78 Å². The van der Waals surface area contributed by atoms with Gasteiger partial charge in [0.2, 0.25) is 5.88 Å². The molecule has 0 aliphatic carbocycles. The topological polar surface area (TPSA) is 57.0 Å². The maximum atomic E-state index is 12.5. The van der Waals surface area contributed by atoms with Gasteiger partial charge in [0.1, 0.15) is 0 Å². The van der Waals surface area contributed by atoms with Crippen molar-refractivity contribution >= 4 is 16.7 Å². The zero-order valence-electron chi connectivity index (χ0n) is 11.9. The van der Waals surface area contributed by atoms with Crippen LogP contribution in [0.15, 0.2) is 42.6 Å². The molecule has 0 saturated heterocycles. The number of carbonyl (C=O) groups is 1. The molecular formula is C16H15N3O2. The fraction of sp³-hybridized carbons (Fsp3) is 0.188. The monoisotopic (exact) mass is 281 g/mol. The number of hydrogen-bond donors (Lipinski definition) is 0. The lowest BCUT2D eigenvalue weighted by Crippen LogP contribution is -2.07. The summed E-state index contributed by atoms with van der Waals surface area (Å²) in [5, 5.41) is 5.44. The van der Waals surface area contributed by atoms with Crippen molar-refractivity contribution in [2.75, 3.05) is 7.11 Å². The van der Waals surface area contributed by atoms with Crippen molar-refractivity contribution < 1.29 is 9.53 Å². The summed E-state index contributed by atoms with van der Waals surface area (Å²) in [4.78, 5) is 16.5. The lowest BCUT2D eigenvalue weighted by atomic mass is 10.1. The Balaban J connectivity index is 1.97. The first-order valence-electron chi connectivity index (χ1n) is 6.63. The summed E-state index contributed by atoms with van der Waals surface area (Å²) in [5.74, 6) is 0.298. The number of nitrogens with zero attached hydrogens (tertiary/aromatic N) is 3. The van der Waals surface area contributed by atoms with E-state index < -0.39 is 0 Å². The van der Waals surface area contributed by atoms with Crippen molar-refractivity contribution in [2.24, 2.45) is 7.05 Å². The minimum absolute atomic E-state index is 0.0520. The second-order valence-corrected chi connectivity index (χ2v) is 4.75. The van der Waals surface area contributed by atoms with Gasteiger partial charge in [0.25, 0.3) is 0 Å². The number of benzene rings is 1. The van der Waals surface area contributed by atoms with E-state index in [4.69, 9.17) is 4.74 Å². The number of pyridine rings is 1. The first-order chi connectivity index (χ1) is 10.2. The van der Waals surface area contributed by atoms with E-state index in [-0.39, 0.29) is 12.2 Å². The third-order valence-corrected chi connectivity index (χ3v) is 3.43. The molecule has 0 bridgehead atoms. The zero-order chi connectivity index (χ0) is 14.8. The Morgan fingerprint density at radius 3 is 2.86 bits per heavy atom. The van der Waals surface area contributed by atoms with Gasteiger partial charge in [-0.3, -0.25) is 9.48 Å². The summed E-state index contributed by atoms with van der Waals surface area (Å²) in [6.45, 7) is 0. The van der Waals surface area contributed by atoms with Crippen molar-refractivity contribution in [1.29, 1.82) is 0 Å². The first kappa shape index (κ1) is 13.3. The number of para-hydroxylation sites is 1. The second kappa shape index (κ2) is 5.36. The van der Waals surface area contributed by atoms with E-state index in [2.05, 4.69) is 10.1 Å². The number of hydrogen-bond acceptors (Lipinski definition) is 4. The van der Waals surface area contributed by atoms with Crippen molar-refractivity contribution in [2.45, 2.75) is 6.42 Å². The van der Waals surface area contributed by atoms with Crippen molar-refractivity contribution in [3.05, 3.63) is 53.9 Å². The van der Waals surface area contributed by atoms with Crippen LogP contribution in [-0.4, -0.2) is 27.7 Å². The van der Waals surface area contributed by atoms with Gasteiger partial charge >= 0.3 is 0 Å². The number of rotatable bonds is 4. The molecule has 0 aliphatic heterocycles. The van der Waals surface area contributed by atoms with E-state index in [1.807, 2.05) is 31.3 Å². The number of aryl methyl sites for hydroxylation is 1. The molecule has 3 rings (SSSR count). The minimum atomic E-state index is -0.0520. The molecule has 5 heteroatoms. The predicted octanol–water partition coefficient (Wildman–Crippen LogP) is 2.40. The quantitative estimate of drug-likeness (QED) is 0.689. The summed E-state index contributed by atoms with van der Waals surface area (Å²) in [6.07, 6.45) is 1.83. The number of methoxy groups -OCH3 is 1. The van der Waals surface area contributed by atoms with Gasteiger partial charge in [-0.1, -0.05) is 18.2 Å². The molecule has 0 amide bonds. The number of ether oxygens (including phenoxy) is 1. The minimum Gasteiger partial charge on any atom is -0.480 e. The van der Waals surface area contributed by atoms with Crippen LogP contribution in [0.3, 0.4) is 0 Å². The summed E-state index contributed by atoms with van der Waals surface area (Å²) >= 11 is 0. The SMILES string of the molecule is COc1ncccc1C(=O)Cc1nn(C)c2ccccc12. The maximum Gasteiger partial charge on any atom is 0.224 e. The lowest BCUT2D eigenvalue weighted by Gasteiger charge is -2.04. The van der Waals surface area contributed by atoms with Crippen LogP contribution in [0.1, 0.15) is 16.1 Å². The van der Waals surface area contributed by atoms with Crippen molar-refractivity contribution in [1.82, 2.24) is 14.8 Å². The molecule has 3 aromatic rings. The van der Waals surface area contributed by atoms with E-state index in [0.717, 1.165) is 16.6 Å². The maximum absolute atomic E-state index is 12.5. The third kappa shape index (κ3) is 2.38. The Morgan fingerprint density at radius 1 is 1.24 bits per heavy atom. The Bertz CT molecular complexity index is 808. The van der Waals surface area contributed by atoms with E-state index >= 15 is 0 Å². The Morgan fingerprint density at radius 2 is 2.05 bits per heavy atom. The van der Waals surface area contributed by atoms with Gasteiger partial charge in [0.05, 0.1) is 30.3 Å². The number of carbonyl (C=O) groups excluding carboxylic acids is 1. The number of aromatic nitrogens is 3. The lowest BCUT2D eigenvalue weighted by molar-refractivity contribution is 0.0988. The average Bonchev–Trinajstić information content (AvgIpc) is 2.84. The molecule has 21 heavy (non-hydrogen) atoms. The van der Waals surface area contributed by atoms with Crippen molar-refractivity contribution in [3.63, 3.8) is 0 Å². The number of fused-ring (bicyclic) bond motifs is 1. The fourth-order valence-corrected chi connectivity index (χ4v) is 2.43. The van der Waals surface area contributed by atoms with Crippen LogP contribution in [0.2, 0.25) is 0 Å². The fourth-order valence-electron chi connectivity index (χ4n) is 2.43. The van der Waals surface area contributed by atoms with Gasteiger partial charge in [-0.15, -0.1) is 0 Å². The summed E-state index contributed by atoms with van der Waals surface area (Å²) in [7, 11) is 3.39. The molecule has 1 aromatic carbocycles. The predicted molar refractivity (Wildman–Crippen MR) is 79.5 cm³/mol. The van der Waals surface area contributed by atoms with E-state index in [1.165, 1.54) is 7.11 Å². The molecule has 5 nitrogen and oxygen atoms in total. The molecule has 2 heterocycles. The van der Waals surface area contributed by atoms with Crippen LogP contribution in [0, 0.1) is 0 Å².